The maximum atomic E-state index is 10.8. The van der Waals surface area contributed by atoms with Crippen LogP contribution in [0, 0.1) is 6.92 Å². The fourth-order valence-corrected chi connectivity index (χ4v) is 1.81. The van der Waals surface area contributed by atoms with Crippen LogP contribution in [0.15, 0.2) is 18.2 Å². The van der Waals surface area contributed by atoms with Gasteiger partial charge in [0.15, 0.2) is 0 Å². The molecule has 0 fully saturated rings. The minimum Gasteiger partial charge on any atom is -0.494 e. The van der Waals surface area contributed by atoms with Crippen LogP contribution in [0.25, 0.3) is 0 Å². The second-order valence-corrected chi connectivity index (χ2v) is 5.45. The molecule has 0 aliphatic heterocycles. The van der Waals surface area contributed by atoms with Crippen molar-refractivity contribution in [2.24, 2.45) is 0 Å². The van der Waals surface area contributed by atoms with Crippen molar-refractivity contribution in [3.63, 3.8) is 0 Å². The predicted octanol–water partition coefficient (Wildman–Crippen LogP) is 1.91. The van der Waals surface area contributed by atoms with Gasteiger partial charge in [-0.3, -0.25) is 4.18 Å². The van der Waals surface area contributed by atoms with E-state index in [1.54, 1.807) is 0 Å². The number of hydrogen-bond acceptors (Lipinski definition) is 4. The third-order valence-corrected chi connectivity index (χ3v) is 2.84. The van der Waals surface area contributed by atoms with Crippen molar-refractivity contribution in [2.75, 3.05) is 19.5 Å². The highest BCUT2D eigenvalue weighted by Gasteiger charge is 2.04. The molecule has 96 valence electrons. The van der Waals surface area contributed by atoms with Gasteiger partial charge in [-0.2, -0.15) is 8.42 Å². The molecular formula is C12H18O4S. The van der Waals surface area contributed by atoms with Crippen LogP contribution in [0.5, 0.6) is 5.75 Å². The first-order valence-electron chi connectivity index (χ1n) is 5.49. The fraction of sp³-hybridized carbons (Fsp3) is 0.500. The molecule has 0 aliphatic carbocycles. The zero-order valence-corrected chi connectivity index (χ0v) is 11.2. The van der Waals surface area contributed by atoms with Crippen LogP contribution < -0.4 is 4.74 Å². The number of aryl methyl sites for hydroxylation is 1. The van der Waals surface area contributed by atoms with E-state index < -0.39 is 10.1 Å². The molecule has 0 radical (unpaired) electrons. The number of hydrogen-bond donors (Lipinski definition) is 0. The van der Waals surface area contributed by atoms with Crippen LogP contribution in [-0.4, -0.2) is 27.9 Å². The summed E-state index contributed by atoms with van der Waals surface area (Å²) in [6.45, 7) is 4.68. The van der Waals surface area contributed by atoms with Crippen LogP contribution in [-0.2, 0) is 20.7 Å². The second-order valence-electron chi connectivity index (χ2n) is 3.81. The van der Waals surface area contributed by atoms with E-state index in [-0.39, 0.29) is 6.61 Å². The first kappa shape index (κ1) is 14.0. The van der Waals surface area contributed by atoms with Gasteiger partial charge in [0.1, 0.15) is 5.75 Å². The van der Waals surface area contributed by atoms with Crippen LogP contribution in [0.4, 0.5) is 0 Å². The average molecular weight is 258 g/mol. The second kappa shape index (κ2) is 6.02. The Labute approximate surface area is 103 Å². The predicted molar refractivity (Wildman–Crippen MR) is 66.8 cm³/mol. The topological polar surface area (TPSA) is 52.6 Å². The van der Waals surface area contributed by atoms with Gasteiger partial charge in [-0.1, -0.05) is 12.1 Å². The molecule has 0 aliphatic rings. The average Bonchev–Trinajstić information content (AvgIpc) is 2.21. The quantitative estimate of drug-likeness (QED) is 0.731. The maximum Gasteiger partial charge on any atom is 0.264 e. The van der Waals surface area contributed by atoms with E-state index in [0.29, 0.717) is 13.0 Å². The van der Waals surface area contributed by atoms with Gasteiger partial charge in [-0.05, 0) is 37.5 Å². The van der Waals surface area contributed by atoms with Gasteiger partial charge in [0.2, 0.25) is 0 Å². The van der Waals surface area contributed by atoms with Gasteiger partial charge in [0.05, 0.1) is 19.5 Å². The molecule has 0 N–H and O–H groups in total. The van der Waals surface area contributed by atoms with E-state index in [4.69, 9.17) is 8.92 Å². The summed E-state index contributed by atoms with van der Waals surface area (Å²) in [5.74, 6) is 0.837. The van der Waals surface area contributed by atoms with Crippen molar-refractivity contribution in [3.8, 4) is 5.75 Å². The summed E-state index contributed by atoms with van der Waals surface area (Å²) in [4.78, 5) is 0. The molecule has 17 heavy (non-hydrogen) atoms. The van der Waals surface area contributed by atoms with Crippen LogP contribution >= 0.6 is 0 Å². The van der Waals surface area contributed by atoms with Crippen LogP contribution in [0.3, 0.4) is 0 Å². The molecule has 0 atom stereocenters. The van der Waals surface area contributed by atoms with Gasteiger partial charge in [-0.25, -0.2) is 0 Å². The van der Waals surface area contributed by atoms with Gasteiger partial charge in [0, 0.05) is 0 Å². The van der Waals surface area contributed by atoms with Gasteiger partial charge < -0.3 is 4.74 Å². The minimum atomic E-state index is -3.35. The van der Waals surface area contributed by atoms with Crippen molar-refractivity contribution < 1.29 is 17.3 Å². The molecular weight excluding hydrogens is 240 g/mol. The third-order valence-electron chi connectivity index (χ3n) is 2.24. The highest BCUT2D eigenvalue weighted by atomic mass is 32.2. The Morgan fingerprint density at radius 1 is 1.29 bits per heavy atom. The molecule has 5 heteroatoms. The van der Waals surface area contributed by atoms with Crippen molar-refractivity contribution in [1.82, 2.24) is 0 Å². The Hall–Kier alpha value is -1.07. The number of ether oxygens (including phenoxy) is 1. The van der Waals surface area contributed by atoms with E-state index in [2.05, 4.69) is 0 Å². The summed E-state index contributed by atoms with van der Waals surface area (Å²) in [6.07, 6.45) is 1.60. The van der Waals surface area contributed by atoms with E-state index in [1.807, 2.05) is 32.0 Å². The lowest BCUT2D eigenvalue weighted by molar-refractivity contribution is 0.324. The monoisotopic (exact) mass is 258 g/mol. The molecule has 0 heterocycles. The van der Waals surface area contributed by atoms with Crippen LogP contribution in [0.2, 0.25) is 0 Å². The lowest BCUT2D eigenvalue weighted by Crippen LogP contribution is -2.06. The lowest BCUT2D eigenvalue weighted by atomic mass is 10.1. The number of rotatable bonds is 6. The Bertz CT molecular complexity index is 465. The van der Waals surface area contributed by atoms with Crippen LogP contribution in [0.1, 0.15) is 18.1 Å². The molecule has 0 saturated heterocycles. The zero-order valence-electron chi connectivity index (χ0n) is 10.4. The fourth-order valence-electron chi connectivity index (χ4n) is 1.42. The van der Waals surface area contributed by atoms with E-state index >= 15 is 0 Å². The smallest absolute Gasteiger partial charge is 0.264 e. The lowest BCUT2D eigenvalue weighted by Gasteiger charge is -2.09. The Morgan fingerprint density at radius 2 is 2.00 bits per heavy atom. The summed E-state index contributed by atoms with van der Waals surface area (Å²) in [6, 6.07) is 5.83. The molecule has 1 aromatic carbocycles. The van der Waals surface area contributed by atoms with Gasteiger partial charge >= 0.3 is 0 Å². The molecule has 1 rings (SSSR count). The first-order valence-corrected chi connectivity index (χ1v) is 7.30. The van der Waals surface area contributed by atoms with Crippen molar-refractivity contribution in [3.05, 3.63) is 29.3 Å². The molecule has 0 aromatic heterocycles. The van der Waals surface area contributed by atoms with E-state index in [9.17, 15) is 8.42 Å². The Kier molecular flexibility index (Phi) is 4.96. The molecule has 0 spiro atoms. The molecule has 1 aromatic rings. The first-order chi connectivity index (χ1) is 7.92. The Morgan fingerprint density at radius 3 is 2.59 bits per heavy atom. The molecule has 0 saturated carbocycles. The maximum absolute atomic E-state index is 10.8. The molecule has 0 bridgehead atoms. The minimum absolute atomic E-state index is 0.160. The SMILES string of the molecule is CCOc1cc(CCOS(C)(=O)=O)ccc1C. The summed E-state index contributed by atoms with van der Waals surface area (Å²) >= 11 is 0. The zero-order chi connectivity index (χ0) is 12.9. The number of benzene rings is 1. The summed E-state index contributed by atoms with van der Waals surface area (Å²) < 4.78 is 31.8. The van der Waals surface area contributed by atoms with Crippen molar-refractivity contribution in [1.29, 1.82) is 0 Å². The summed E-state index contributed by atoms with van der Waals surface area (Å²) in [5, 5.41) is 0. The van der Waals surface area contributed by atoms with Crippen molar-refractivity contribution >= 4 is 10.1 Å². The Balaban J connectivity index is 2.63. The molecule has 0 amide bonds. The normalized spacial score (nSPS) is 11.5. The van der Waals surface area contributed by atoms with E-state index in [0.717, 1.165) is 23.1 Å². The van der Waals surface area contributed by atoms with Gasteiger partial charge in [0.25, 0.3) is 10.1 Å². The van der Waals surface area contributed by atoms with Gasteiger partial charge in [-0.15, -0.1) is 0 Å². The molecule has 4 nitrogen and oxygen atoms in total. The highest BCUT2D eigenvalue weighted by molar-refractivity contribution is 7.85. The third kappa shape index (κ3) is 5.19. The summed E-state index contributed by atoms with van der Waals surface area (Å²) in [5.41, 5.74) is 2.07. The molecule has 0 unspecified atom stereocenters. The summed E-state index contributed by atoms with van der Waals surface area (Å²) in [7, 11) is -3.35. The van der Waals surface area contributed by atoms with E-state index in [1.165, 1.54) is 0 Å². The highest BCUT2D eigenvalue weighted by Crippen LogP contribution is 2.19. The van der Waals surface area contributed by atoms with Crippen molar-refractivity contribution in [2.45, 2.75) is 20.3 Å². The largest absolute Gasteiger partial charge is 0.494 e. The standard InChI is InChI=1S/C12H18O4S/c1-4-15-12-9-11(6-5-10(12)2)7-8-16-17(3,13)14/h5-6,9H,4,7-8H2,1-3H3.